The molecule has 0 aliphatic carbocycles. The van der Waals surface area contributed by atoms with E-state index in [0.29, 0.717) is 5.92 Å². The Morgan fingerprint density at radius 3 is 2.56 bits per heavy atom. The van der Waals surface area contributed by atoms with E-state index in [2.05, 4.69) is 23.8 Å². The number of hydrogen-bond acceptors (Lipinski definition) is 3. The minimum Gasteiger partial charge on any atom is -0.479 e. The smallest absolute Gasteiger partial charge is 0.344 e. The summed E-state index contributed by atoms with van der Waals surface area (Å²) in [6.07, 6.45) is 1.49. The molecule has 0 bridgehead atoms. The second-order valence-corrected chi connectivity index (χ2v) is 3.72. The highest BCUT2D eigenvalue weighted by Crippen LogP contribution is 2.13. The van der Waals surface area contributed by atoms with E-state index in [0.717, 1.165) is 5.56 Å². The minimum absolute atomic E-state index is 0.416. The van der Waals surface area contributed by atoms with E-state index in [1.807, 2.05) is 24.3 Å². The molecular weight excluding hydrogens is 206 g/mol. The van der Waals surface area contributed by atoms with E-state index in [-0.39, 0.29) is 0 Å². The van der Waals surface area contributed by atoms with E-state index in [4.69, 9.17) is 5.11 Å². The third-order valence-electron chi connectivity index (χ3n) is 2.07. The molecule has 0 unspecified atom stereocenters. The lowest BCUT2D eigenvalue weighted by Gasteiger charge is -2.04. The third-order valence-corrected chi connectivity index (χ3v) is 2.07. The summed E-state index contributed by atoms with van der Waals surface area (Å²) < 4.78 is 0. The van der Waals surface area contributed by atoms with Crippen LogP contribution in [0.1, 0.15) is 30.9 Å². The summed E-state index contributed by atoms with van der Waals surface area (Å²) in [5.74, 6) is -0.540. The van der Waals surface area contributed by atoms with Gasteiger partial charge in [0.15, 0.2) is 0 Å². The molecule has 0 atom stereocenters. The van der Waals surface area contributed by atoms with Crippen molar-refractivity contribution in [2.45, 2.75) is 19.8 Å². The van der Waals surface area contributed by atoms with Crippen LogP contribution in [0.3, 0.4) is 0 Å². The van der Waals surface area contributed by atoms with Crippen LogP contribution in [0.15, 0.2) is 29.4 Å². The Morgan fingerprint density at radius 1 is 1.44 bits per heavy atom. The Labute approximate surface area is 94.5 Å². The van der Waals surface area contributed by atoms with Crippen molar-refractivity contribution in [3.05, 3.63) is 35.4 Å². The first-order valence-electron chi connectivity index (χ1n) is 5.06. The van der Waals surface area contributed by atoms with Crippen LogP contribution in [-0.4, -0.2) is 23.9 Å². The van der Waals surface area contributed by atoms with Gasteiger partial charge in [-0.3, -0.25) is 0 Å². The minimum atomic E-state index is -1.03. The predicted octanol–water partition coefficient (Wildman–Crippen LogP) is 2.25. The van der Waals surface area contributed by atoms with Crippen molar-refractivity contribution in [3.63, 3.8) is 0 Å². The lowest BCUT2D eigenvalue weighted by molar-refractivity contribution is -0.142. The second kappa shape index (κ2) is 5.90. The van der Waals surface area contributed by atoms with Crippen LogP contribution in [0.4, 0.5) is 0 Å². The summed E-state index contributed by atoms with van der Waals surface area (Å²) in [6, 6.07) is 7.87. The Kier molecular flexibility index (Phi) is 4.51. The summed E-state index contributed by atoms with van der Waals surface area (Å²) >= 11 is 0. The molecule has 4 nitrogen and oxygen atoms in total. The maximum Gasteiger partial charge on any atom is 0.344 e. The van der Waals surface area contributed by atoms with Gasteiger partial charge in [0.2, 0.25) is 6.61 Å². The standard InChI is InChI=1S/C12H15NO3/c1-9(2)11-5-3-10(4-6-11)7-13-16-8-12(14)15/h3-7,9H,8H2,1-2H3,(H,14,15). The van der Waals surface area contributed by atoms with Crippen LogP contribution in [0, 0.1) is 0 Å². The number of hydrogen-bond donors (Lipinski definition) is 1. The van der Waals surface area contributed by atoms with Gasteiger partial charge < -0.3 is 9.94 Å². The highest BCUT2D eigenvalue weighted by molar-refractivity contribution is 5.79. The average Bonchev–Trinajstić information content (AvgIpc) is 2.25. The summed E-state index contributed by atoms with van der Waals surface area (Å²) in [6.45, 7) is 3.83. The topological polar surface area (TPSA) is 58.9 Å². The quantitative estimate of drug-likeness (QED) is 0.612. The zero-order valence-corrected chi connectivity index (χ0v) is 9.38. The lowest BCUT2D eigenvalue weighted by atomic mass is 10.0. The fraction of sp³-hybridized carbons (Fsp3) is 0.333. The normalized spacial score (nSPS) is 10.9. The molecule has 86 valence electrons. The number of oxime groups is 1. The zero-order valence-electron chi connectivity index (χ0n) is 9.38. The van der Waals surface area contributed by atoms with E-state index in [1.54, 1.807) is 0 Å². The predicted molar refractivity (Wildman–Crippen MR) is 61.7 cm³/mol. The molecule has 0 aliphatic heterocycles. The van der Waals surface area contributed by atoms with Crippen LogP contribution in [-0.2, 0) is 9.63 Å². The van der Waals surface area contributed by atoms with Crippen LogP contribution in [0.25, 0.3) is 0 Å². The van der Waals surface area contributed by atoms with Gasteiger partial charge in [0.25, 0.3) is 0 Å². The fourth-order valence-electron chi connectivity index (χ4n) is 1.16. The van der Waals surface area contributed by atoms with Crippen molar-refractivity contribution in [1.82, 2.24) is 0 Å². The largest absolute Gasteiger partial charge is 0.479 e. The molecule has 0 heterocycles. The first kappa shape index (κ1) is 12.2. The molecule has 0 saturated heterocycles. The molecule has 1 rings (SSSR count). The highest BCUT2D eigenvalue weighted by atomic mass is 16.6. The first-order valence-corrected chi connectivity index (χ1v) is 5.06. The maximum atomic E-state index is 10.1. The van der Waals surface area contributed by atoms with Gasteiger partial charge >= 0.3 is 5.97 Å². The molecule has 0 spiro atoms. The van der Waals surface area contributed by atoms with E-state index >= 15 is 0 Å². The van der Waals surface area contributed by atoms with Gasteiger partial charge in [0.05, 0.1) is 6.21 Å². The van der Waals surface area contributed by atoms with Crippen molar-refractivity contribution in [2.24, 2.45) is 5.16 Å². The number of rotatable bonds is 5. The average molecular weight is 221 g/mol. The highest BCUT2D eigenvalue weighted by Gasteiger charge is 1.97. The number of benzene rings is 1. The summed E-state index contributed by atoms with van der Waals surface area (Å²) in [4.78, 5) is 14.7. The van der Waals surface area contributed by atoms with Crippen molar-refractivity contribution < 1.29 is 14.7 Å². The number of carboxylic acids is 1. The number of carboxylic acid groups (broad SMARTS) is 1. The summed E-state index contributed by atoms with van der Waals surface area (Å²) in [5.41, 5.74) is 2.14. The molecule has 0 amide bonds. The maximum absolute atomic E-state index is 10.1. The fourth-order valence-corrected chi connectivity index (χ4v) is 1.16. The molecule has 0 aliphatic rings. The molecule has 0 fully saturated rings. The van der Waals surface area contributed by atoms with Crippen LogP contribution in [0.5, 0.6) is 0 Å². The molecular formula is C12H15NO3. The van der Waals surface area contributed by atoms with Crippen molar-refractivity contribution in [2.75, 3.05) is 6.61 Å². The summed E-state index contributed by atoms with van der Waals surface area (Å²) in [5, 5.41) is 11.9. The number of aliphatic carboxylic acids is 1. The molecule has 16 heavy (non-hydrogen) atoms. The third kappa shape index (κ3) is 4.13. The summed E-state index contributed by atoms with van der Waals surface area (Å²) in [7, 11) is 0. The zero-order chi connectivity index (χ0) is 12.0. The van der Waals surface area contributed by atoms with Gasteiger partial charge in [0, 0.05) is 0 Å². The van der Waals surface area contributed by atoms with E-state index in [9.17, 15) is 4.79 Å². The SMILES string of the molecule is CC(C)c1ccc(C=NOCC(=O)O)cc1. The molecule has 0 saturated carbocycles. The van der Waals surface area contributed by atoms with Gasteiger partial charge in [-0.15, -0.1) is 0 Å². The van der Waals surface area contributed by atoms with Crippen LogP contribution < -0.4 is 0 Å². The van der Waals surface area contributed by atoms with Gasteiger partial charge in [-0.2, -0.15) is 0 Å². The van der Waals surface area contributed by atoms with E-state index < -0.39 is 12.6 Å². The lowest BCUT2D eigenvalue weighted by Crippen LogP contribution is -2.03. The molecule has 1 N–H and O–H groups in total. The van der Waals surface area contributed by atoms with Crippen LogP contribution in [0.2, 0.25) is 0 Å². The number of carbonyl (C=O) groups is 1. The Balaban J connectivity index is 2.51. The van der Waals surface area contributed by atoms with Gasteiger partial charge in [-0.25, -0.2) is 4.79 Å². The molecule has 4 heteroatoms. The Hall–Kier alpha value is -1.84. The van der Waals surface area contributed by atoms with Gasteiger partial charge in [-0.1, -0.05) is 43.3 Å². The van der Waals surface area contributed by atoms with Crippen LogP contribution >= 0.6 is 0 Å². The van der Waals surface area contributed by atoms with Crippen molar-refractivity contribution >= 4 is 12.2 Å². The molecule has 0 aromatic heterocycles. The van der Waals surface area contributed by atoms with Crippen molar-refractivity contribution in [3.8, 4) is 0 Å². The second-order valence-electron chi connectivity index (χ2n) is 3.72. The molecule has 1 aromatic rings. The monoisotopic (exact) mass is 221 g/mol. The Bertz CT molecular complexity index is 368. The molecule has 1 aromatic carbocycles. The molecule has 0 radical (unpaired) electrons. The number of nitrogens with zero attached hydrogens (tertiary/aromatic N) is 1. The Morgan fingerprint density at radius 2 is 2.06 bits per heavy atom. The first-order chi connectivity index (χ1) is 7.59. The van der Waals surface area contributed by atoms with E-state index in [1.165, 1.54) is 11.8 Å². The van der Waals surface area contributed by atoms with Gasteiger partial charge in [-0.05, 0) is 17.0 Å². The van der Waals surface area contributed by atoms with Crippen molar-refractivity contribution in [1.29, 1.82) is 0 Å². The van der Waals surface area contributed by atoms with Gasteiger partial charge in [0.1, 0.15) is 0 Å².